The van der Waals surface area contributed by atoms with Crippen LogP contribution in [0.4, 0.5) is 5.69 Å². The lowest BCUT2D eigenvalue weighted by Crippen LogP contribution is -2.28. The number of halogens is 1. The van der Waals surface area contributed by atoms with Gasteiger partial charge in [-0.15, -0.1) is 0 Å². The normalized spacial score (nSPS) is 12.8. The number of nitrogens with two attached hydrogens (primary N) is 1. The highest BCUT2D eigenvalue weighted by Gasteiger charge is 2.34. The zero-order chi connectivity index (χ0) is 15.3. The SMILES string of the molecule is Nc1c(C(=O)[O-])cc(Br)c2c1C(=O)c1ccccc1C2=O. The van der Waals surface area contributed by atoms with Crippen LogP contribution in [-0.4, -0.2) is 17.5 Å². The fraction of sp³-hybridized carbons (Fsp3) is 0. The van der Waals surface area contributed by atoms with Gasteiger partial charge in [-0.25, -0.2) is 0 Å². The molecular formula is C15H7BrNO4-. The number of aromatic carboxylic acids is 1. The third-order valence-corrected chi connectivity index (χ3v) is 4.04. The Bertz CT molecular complexity index is 842. The first kappa shape index (κ1) is 13.5. The number of ketones is 2. The summed E-state index contributed by atoms with van der Waals surface area (Å²) in [5.74, 6) is -2.35. The number of hydrogen-bond acceptors (Lipinski definition) is 5. The lowest BCUT2D eigenvalue weighted by atomic mass is 9.82. The average molecular weight is 345 g/mol. The molecule has 1 aliphatic rings. The molecule has 2 N–H and O–H groups in total. The third kappa shape index (κ3) is 1.80. The molecule has 2 aromatic carbocycles. The summed E-state index contributed by atoms with van der Waals surface area (Å²) in [6.07, 6.45) is 0. The molecule has 0 unspecified atom stereocenters. The van der Waals surface area contributed by atoms with E-state index in [1.165, 1.54) is 12.1 Å². The molecule has 0 radical (unpaired) electrons. The second-order valence-corrected chi connectivity index (χ2v) is 5.42. The number of nitrogen functional groups attached to an aromatic ring is 1. The minimum Gasteiger partial charge on any atom is -0.545 e. The number of carbonyl (C=O) groups excluding carboxylic acids is 3. The summed E-state index contributed by atoms with van der Waals surface area (Å²) in [6.45, 7) is 0. The van der Waals surface area contributed by atoms with Gasteiger partial charge in [0.1, 0.15) is 0 Å². The molecule has 0 amide bonds. The second-order valence-electron chi connectivity index (χ2n) is 4.56. The number of anilines is 1. The number of carboxylic acid groups (broad SMARTS) is 1. The Hall–Kier alpha value is -2.47. The van der Waals surface area contributed by atoms with Gasteiger partial charge >= 0.3 is 0 Å². The molecule has 0 saturated heterocycles. The second kappa shape index (κ2) is 4.53. The van der Waals surface area contributed by atoms with Gasteiger partial charge in [-0.1, -0.05) is 24.3 Å². The van der Waals surface area contributed by atoms with E-state index in [9.17, 15) is 19.5 Å². The van der Waals surface area contributed by atoms with Crippen LogP contribution in [0.2, 0.25) is 0 Å². The molecule has 0 bridgehead atoms. The predicted molar refractivity (Wildman–Crippen MR) is 76.2 cm³/mol. The molecule has 0 heterocycles. The van der Waals surface area contributed by atoms with Gasteiger partial charge in [0.25, 0.3) is 0 Å². The summed E-state index contributed by atoms with van der Waals surface area (Å²) in [4.78, 5) is 36.1. The van der Waals surface area contributed by atoms with Crippen molar-refractivity contribution in [3.63, 3.8) is 0 Å². The van der Waals surface area contributed by atoms with Crippen LogP contribution >= 0.6 is 15.9 Å². The Kier molecular flexibility index (Phi) is 2.91. The molecule has 0 aliphatic heterocycles. The first-order chi connectivity index (χ1) is 9.93. The van der Waals surface area contributed by atoms with Gasteiger partial charge in [0.05, 0.1) is 22.8 Å². The molecule has 104 valence electrons. The maximum absolute atomic E-state index is 12.5. The van der Waals surface area contributed by atoms with Crippen molar-refractivity contribution in [2.75, 3.05) is 5.73 Å². The molecular weight excluding hydrogens is 338 g/mol. The third-order valence-electron chi connectivity index (χ3n) is 3.41. The van der Waals surface area contributed by atoms with E-state index in [1.54, 1.807) is 18.2 Å². The van der Waals surface area contributed by atoms with E-state index in [0.29, 0.717) is 0 Å². The fourth-order valence-corrected chi connectivity index (χ4v) is 3.05. The molecule has 0 aromatic heterocycles. The summed E-state index contributed by atoms with van der Waals surface area (Å²) in [7, 11) is 0. The van der Waals surface area contributed by atoms with E-state index in [-0.39, 0.29) is 43.8 Å². The smallest absolute Gasteiger partial charge is 0.196 e. The quantitative estimate of drug-likeness (QED) is 0.668. The number of benzene rings is 2. The molecule has 0 atom stereocenters. The Morgan fingerprint density at radius 1 is 1.05 bits per heavy atom. The number of fused-ring (bicyclic) bond motifs is 2. The maximum atomic E-state index is 12.5. The van der Waals surface area contributed by atoms with Crippen molar-refractivity contribution in [1.82, 2.24) is 0 Å². The standard InChI is InChI=1S/C15H8BrNO4/c16-9-5-8(15(20)21)12(17)11-10(9)13(18)6-3-1-2-4-7(6)14(11)19/h1-5H,17H2,(H,20,21)/p-1. The number of hydrogen-bond donors (Lipinski definition) is 1. The van der Waals surface area contributed by atoms with E-state index in [1.807, 2.05) is 0 Å². The van der Waals surface area contributed by atoms with Crippen LogP contribution in [0.3, 0.4) is 0 Å². The molecule has 3 rings (SSSR count). The van der Waals surface area contributed by atoms with Gasteiger partial charge in [-0.05, 0) is 22.0 Å². The van der Waals surface area contributed by atoms with E-state index in [4.69, 9.17) is 5.73 Å². The molecule has 0 spiro atoms. The van der Waals surface area contributed by atoms with Crippen molar-refractivity contribution in [1.29, 1.82) is 0 Å². The fourth-order valence-electron chi connectivity index (χ4n) is 2.44. The van der Waals surface area contributed by atoms with Crippen molar-refractivity contribution in [2.45, 2.75) is 0 Å². The average Bonchev–Trinajstić information content (AvgIpc) is 2.46. The number of rotatable bonds is 1. The van der Waals surface area contributed by atoms with Crippen molar-refractivity contribution < 1.29 is 19.5 Å². The molecule has 0 fully saturated rings. The Morgan fingerprint density at radius 3 is 2.10 bits per heavy atom. The minimum absolute atomic E-state index is 0.0844. The highest BCUT2D eigenvalue weighted by atomic mass is 79.9. The minimum atomic E-state index is -1.50. The van der Waals surface area contributed by atoms with Crippen molar-refractivity contribution >= 4 is 39.2 Å². The summed E-state index contributed by atoms with van der Waals surface area (Å²) in [6, 6.07) is 7.53. The summed E-state index contributed by atoms with van der Waals surface area (Å²) in [5.41, 5.74) is 5.68. The number of carboxylic acids is 1. The van der Waals surface area contributed by atoms with E-state index in [0.717, 1.165) is 0 Å². The maximum Gasteiger partial charge on any atom is 0.196 e. The van der Waals surface area contributed by atoms with Gasteiger partial charge in [-0.3, -0.25) is 9.59 Å². The highest BCUT2D eigenvalue weighted by molar-refractivity contribution is 9.10. The number of carbonyl (C=O) groups is 3. The summed E-state index contributed by atoms with van der Waals surface area (Å²) >= 11 is 3.14. The van der Waals surface area contributed by atoms with Crippen LogP contribution < -0.4 is 10.8 Å². The topological polar surface area (TPSA) is 100 Å². The molecule has 2 aromatic rings. The zero-order valence-corrected chi connectivity index (χ0v) is 12.1. The van der Waals surface area contributed by atoms with Gasteiger partial charge < -0.3 is 15.6 Å². The lowest BCUT2D eigenvalue weighted by molar-refractivity contribution is -0.254. The van der Waals surface area contributed by atoms with Gasteiger partial charge in [-0.2, -0.15) is 0 Å². The van der Waals surface area contributed by atoms with Crippen LogP contribution in [0, 0.1) is 0 Å². The zero-order valence-electron chi connectivity index (χ0n) is 10.5. The van der Waals surface area contributed by atoms with Crippen LogP contribution in [0.15, 0.2) is 34.8 Å². The largest absolute Gasteiger partial charge is 0.545 e. The van der Waals surface area contributed by atoms with Crippen molar-refractivity contribution in [3.05, 3.63) is 62.6 Å². The van der Waals surface area contributed by atoms with Crippen molar-refractivity contribution in [2.24, 2.45) is 0 Å². The van der Waals surface area contributed by atoms with Gasteiger partial charge in [0.15, 0.2) is 11.6 Å². The van der Waals surface area contributed by atoms with Gasteiger partial charge in [0, 0.05) is 21.2 Å². The first-order valence-corrected chi connectivity index (χ1v) is 6.74. The van der Waals surface area contributed by atoms with Crippen LogP contribution in [0.5, 0.6) is 0 Å². The predicted octanol–water partition coefficient (Wildman–Crippen LogP) is 1.17. The van der Waals surface area contributed by atoms with Crippen molar-refractivity contribution in [3.8, 4) is 0 Å². The highest BCUT2D eigenvalue weighted by Crippen LogP contribution is 2.37. The monoisotopic (exact) mass is 344 g/mol. The molecule has 21 heavy (non-hydrogen) atoms. The van der Waals surface area contributed by atoms with Gasteiger partial charge in [0.2, 0.25) is 0 Å². The molecule has 0 saturated carbocycles. The van der Waals surface area contributed by atoms with E-state index < -0.39 is 11.8 Å². The molecule has 5 nitrogen and oxygen atoms in total. The summed E-state index contributed by atoms with van der Waals surface area (Å²) < 4.78 is 0.207. The molecule has 1 aliphatic carbocycles. The Morgan fingerprint density at radius 2 is 1.57 bits per heavy atom. The Labute approximate surface area is 127 Å². The van der Waals surface area contributed by atoms with Crippen LogP contribution in [0.25, 0.3) is 0 Å². The van der Waals surface area contributed by atoms with E-state index in [2.05, 4.69) is 15.9 Å². The molecule has 6 heteroatoms. The van der Waals surface area contributed by atoms with Crippen LogP contribution in [-0.2, 0) is 0 Å². The lowest BCUT2D eigenvalue weighted by Gasteiger charge is -2.22. The summed E-state index contributed by atoms with van der Waals surface area (Å²) in [5, 5.41) is 11.1. The van der Waals surface area contributed by atoms with E-state index >= 15 is 0 Å². The van der Waals surface area contributed by atoms with Crippen LogP contribution in [0.1, 0.15) is 42.2 Å². The first-order valence-electron chi connectivity index (χ1n) is 5.95. The Balaban J connectivity index is 2.41.